The van der Waals surface area contributed by atoms with Gasteiger partial charge in [-0.25, -0.2) is 15.0 Å². The van der Waals surface area contributed by atoms with Gasteiger partial charge in [-0.3, -0.25) is 0 Å². The molecule has 2 heterocycles. The normalized spacial score (nSPS) is 12.5. The molecule has 6 heteroatoms. The highest BCUT2D eigenvalue weighted by Crippen LogP contribution is 2.48. The van der Waals surface area contributed by atoms with Crippen molar-refractivity contribution in [3.05, 3.63) is 288 Å². The van der Waals surface area contributed by atoms with Crippen LogP contribution in [-0.4, -0.2) is 19.5 Å². The van der Waals surface area contributed by atoms with E-state index in [0.29, 0.717) is 17.5 Å². The molecule has 0 aliphatic rings. The molecule has 498 valence electrons. The van der Waals surface area contributed by atoms with E-state index >= 15 is 0 Å². The lowest BCUT2D eigenvalue weighted by atomic mass is 9.82. The molecule has 11 aromatic carbocycles. The summed E-state index contributed by atoms with van der Waals surface area (Å²) in [6, 6.07) is 94.4. The fraction of sp³-hybridized carbons (Fsp3) is 0.258. The minimum atomic E-state index is -0.192. The van der Waals surface area contributed by atoms with Gasteiger partial charge < -0.3 is 14.4 Å². The molecule has 0 atom stereocenters. The second-order valence-corrected chi connectivity index (χ2v) is 33.2. The number of aromatic nitrogens is 4. The average Bonchev–Trinajstić information content (AvgIpc) is 1.56. The average molecular weight is 1300 g/mol. The van der Waals surface area contributed by atoms with Crippen LogP contribution in [0.1, 0.15) is 158 Å². The standard InChI is InChI=1S/C93H96N6/c1-88(2,3)66-35-49-74(50-36-66)97(75-51-37-67(38-52-75)89(4,5)6)72-43-29-61(30-44-72)79-57-70(92(13,14)15)59-81-82-60-71(93(16,17)18)58-80(62-31-45-73(46-32-62)98(76-53-39-68(40-54-76)90(7,8)9)77-55-41-69(42-56-77)91(10,11)12)84(82)99(83(79)81)78-47-33-65(34-48-78)87-95-85(63-25-21-19-22-26-63)94-86(96-87)64-27-23-20-24-28-64/h19-60H,1-18H3. The van der Waals surface area contributed by atoms with E-state index in [1.54, 1.807) is 0 Å². The van der Waals surface area contributed by atoms with Crippen molar-refractivity contribution in [2.75, 3.05) is 9.80 Å². The maximum absolute atomic E-state index is 5.20. The van der Waals surface area contributed by atoms with Crippen molar-refractivity contribution in [1.82, 2.24) is 19.5 Å². The highest BCUT2D eigenvalue weighted by molar-refractivity contribution is 6.18. The summed E-state index contributed by atoms with van der Waals surface area (Å²) in [6.07, 6.45) is 0. The topological polar surface area (TPSA) is 50.1 Å². The Morgan fingerprint density at radius 1 is 0.232 bits per heavy atom. The van der Waals surface area contributed by atoms with Crippen LogP contribution in [0.5, 0.6) is 0 Å². The lowest BCUT2D eigenvalue weighted by Gasteiger charge is -2.28. The molecule has 0 fully saturated rings. The number of hydrogen-bond donors (Lipinski definition) is 0. The fourth-order valence-corrected chi connectivity index (χ4v) is 13.5. The molecule has 6 nitrogen and oxygen atoms in total. The van der Waals surface area contributed by atoms with Crippen LogP contribution in [0.25, 0.3) is 83.9 Å². The van der Waals surface area contributed by atoms with Gasteiger partial charge >= 0.3 is 0 Å². The number of nitrogens with zero attached hydrogens (tertiary/aromatic N) is 6. The van der Waals surface area contributed by atoms with Crippen molar-refractivity contribution < 1.29 is 0 Å². The van der Waals surface area contributed by atoms with Gasteiger partial charge in [0, 0.05) is 78.4 Å². The lowest BCUT2D eigenvalue weighted by molar-refractivity contribution is 0.590. The van der Waals surface area contributed by atoms with Crippen LogP contribution in [0.4, 0.5) is 34.1 Å². The largest absolute Gasteiger partial charge is 0.311 e. The SMILES string of the molecule is CC(C)(C)c1ccc(N(c2ccc(-c3cc(C(C)(C)C)cc4c5cc(C(C)(C)C)cc(-c6ccc(N(c7ccc(C(C)(C)C)cc7)c7ccc(C(C)(C)C)cc7)cc6)c5n(-c5ccc(-c6nc(-c7ccccc7)nc(-c7ccccc7)n6)cc5)c34)cc2)c2ccc(C(C)(C)C)cc2)cc1. The Morgan fingerprint density at radius 3 is 0.717 bits per heavy atom. The van der Waals surface area contributed by atoms with Crippen LogP contribution in [0.15, 0.2) is 255 Å². The monoisotopic (exact) mass is 1300 g/mol. The molecule has 0 unspecified atom stereocenters. The predicted molar refractivity (Wildman–Crippen MR) is 423 cm³/mol. The van der Waals surface area contributed by atoms with Gasteiger partial charge in [0.1, 0.15) is 0 Å². The van der Waals surface area contributed by atoms with Gasteiger partial charge in [-0.05, 0) is 198 Å². The predicted octanol–water partition coefficient (Wildman–Crippen LogP) is 26.0. The smallest absolute Gasteiger partial charge is 0.164 e. The third kappa shape index (κ3) is 13.9. The van der Waals surface area contributed by atoms with E-state index in [0.717, 1.165) is 89.8 Å². The summed E-state index contributed by atoms with van der Waals surface area (Å²) in [6.45, 7) is 41.4. The van der Waals surface area contributed by atoms with Crippen LogP contribution >= 0.6 is 0 Å². The molecule has 0 radical (unpaired) electrons. The summed E-state index contributed by atoms with van der Waals surface area (Å²) >= 11 is 0. The number of benzene rings is 11. The van der Waals surface area contributed by atoms with Crippen molar-refractivity contribution in [2.24, 2.45) is 0 Å². The number of hydrogen-bond acceptors (Lipinski definition) is 5. The van der Waals surface area contributed by atoms with E-state index in [9.17, 15) is 0 Å². The Hall–Kier alpha value is -10.2. The maximum Gasteiger partial charge on any atom is 0.164 e. The molecule has 0 saturated heterocycles. The van der Waals surface area contributed by atoms with Crippen molar-refractivity contribution in [2.45, 2.75) is 157 Å². The molecule has 99 heavy (non-hydrogen) atoms. The Balaban J connectivity index is 1.04. The Bertz CT molecular complexity index is 4610. The first-order valence-electron chi connectivity index (χ1n) is 35.2. The highest BCUT2D eigenvalue weighted by Gasteiger charge is 2.29. The first kappa shape index (κ1) is 67.4. The lowest BCUT2D eigenvalue weighted by Crippen LogP contribution is -2.14. The van der Waals surface area contributed by atoms with E-state index in [1.807, 2.05) is 36.4 Å². The molecule has 0 saturated carbocycles. The molecular weight excluding hydrogens is 1200 g/mol. The molecule has 13 rings (SSSR count). The molecule has 0 aliphatic heterocycles. The van der Waals surface area contributed by atoms with Gasteiger partial charge in [0.15, 0.2) is 17.5 Å². The minimum absolute atomic E-state index is 0.0190. The Kier molecular flexibility index (Phi) is 17.4. The van der Waals surface area contributed by atoms with Gasteiger partial charge in [0.25, 0.3) is 0 Å². The van der Waals surface area contributed by atoms with Crippen LogP contribution in [0.3, 0.4) is 0 Å². The van der Waals surface area contributed by atoms with Crippen molar-refractivity contribution in [3.8, 4) is 62.1 Å². The van der Waals surface area contributed by atoms with Crippen molar-refractivity contribution in [3.63, 3.8) is 0 Å². The van der Waals surface area contributed by atoms with E-state index < -0.39 is 0 Å². The molecule has 0 spiro atoms. The quantitative estimate of drug-likeness (QED) is 0.122. The zero-order valence-electron chi connectivity index (χ0n) is 61.4. The molecule has 0 amide bonds. The summed E-state index contributed by atoms with van der Waals surface area (Å²) in [7, 11) is 0. The first-order chi connectivity index (χ1) is 46.8. The van der Waals surface area contributed by atoms with Gasteiger partial charge in [0.05, 0.1) is 11.0 Å². The molecule has 0 aliphatic carbocycles. The van der Waals surface area contributed by atoms with Crippen LogP contribution in [0, 0.1) is 0 Å². The van der Waals surface area contributed by atoms with Gasteiger partial charge in [0.2, 0.25) is 0 Å². The summed E-state index contributed by atoms with van der Waals surface area (Å²) in [4.78, 5) is 20.3. The minimum Gasteiger partial charge on any atom is -0.311 e. The zero-order valence-corrected chi connectivity index (χ0v) is 61.4. The summed E-state index contributed by atoms with van der Waals surface area (Å²) in [5.74, 6) is 1.86. The second kappa shape index (κ2) is 25.6. The molecule has 2 aromatic heterocycles. The molecule has 13 aromatic rings. The van der Waals surface area contributed by atoms with Crippen LogP contribution < -0.4 is 9.80 Å². The Morgan fingerprint density at radius 2 is 0.465 bits per heavy atom. The van der Waals surface area contributed by atoms with Crippen LogP contribution in [-0.2, 0) is 32.5 Å². The summed E-state index contributed by atoms with van der Waals surface area (Å²) < 4.78 is 2.55. The van der Waals surface area contributed by atoms with E-state index in [-0.39, 0.29) is 32.5 Å². The van der Waals surface area contributed by atoms with Gasteiger partial charge in [-0.15, -0.1) is 0 Å². The Labute approximate surface area is 589 Å². The third-order valence-electron chi connectivity index (χ3n) is 19.6. The fourth-order valence-electron chi connectivity index (χ4n) is 13.5. The van der Waals surface area contributed by atoms with Crippen LogP contribution in [0.2, 0.25) is 0 Å². The van der Waals surface area contributed by atoms with E-state index in [2.05, 4.69) is 357 Å². The van der Waals surface area contributed by atoms with Gasteiger partial charge in [-0.2, -0.15) is 0 Å². The van der Waals surface area contributed by atoms with Crippen molar-refractivity contribution >= 4 is 55.9 Å². The van der Waals surface area contributed by atoms with E-state index in [4.69, 9.17) is 15.0 Å². The number of rotatable bonds is 12. The van der Waals surface area contributed by atoms with E-state index in [1.165, 1.54) is 44.2 Å². The summed E-state index contributed by atoms with van der Waals surface area (Å²) in [5.41, 5.74) is 24.6. The molecule has 0 bridgehead atoms. The number of anilines is 6. The second-order valence-electron chi connectivity index (χ2n) is 33.2. The molecule has 0 N–H and O–H groups in total. The first-order valence-corrected chi connectivity index (χ1v) is 35.2. The van der Waals surface area contributed by atoms with Gasteiger partial charge in [-0.1, -0.05) is 258 Å². The third-order valence-corrected chi connectivity index (χ3v) is 19.6. The zero-order chi connectivity index (χ0) is 70.1. The highest BCUT2D eigenvalue weighted by atomic mass is 15.1. The maximum atomic E-state index is 5.20. The number of fused-ring (bicyclic) bond motifs is 3. The van der Waals surface area contributed by atoms with Crippen molar-refractivity contribution in [1.29, 1.82) is 0 Å². The summed E-state index contributed by atoms with van der Waals surface area (Å²) in [5, 5.41) is 2.40. The molecular formula is C93H96N6.